The van der Waals surface area contributed by atoms with Crippen LogP contribution in [0, 0.1) is 13.8 Å². The molecule has 0 aliphatic carbocycles. The van der Waals surface area contributed by atoms with E-state index in [-0.39, 0.29) is 11.9 Å². The summed E-state index contributed by atoms with van der Waals surface area (Å²) in [7, 11) is 0. The highest BCUT2D eigenvalue weighted by molar-refractivity contribution is 7.09. The van der Waals surface area contributed by atoms with E-state index in [2.05, 4.69) is 33.8 Å². The van der Waals surface area contributed by atoms with Crippen LogP contribution in [-0.4, -0.2) is 21.8 Å². The van der Waals surface area contributed by atoms with Crippen LogP contribution in [0.4, 0.5) is 0 Å². The fourth-order valence-corrected chi connectivity index (χ4v) is 4.10. The molecule has 0 radical (unpaired) electrons. The molecular formula is C25H30N2O2S. The molecule has 1 heterocycles. The van der Waals surface area contributed by atoms with Gasteiger partial charge in [0.2, 0.25) is 5.91 Å². The Morgan fingerprint density at radius 2 is 1.83 bits per heavy atom. The molecule has 3 rings (SSSR count). The van der Waals surface area contributed by atoms with Crippen molar-refractivity contribution in [1.82, 2.24) is 9.88 Å². The molecule has 158 valence electrons. The van der Waals surface area contributed by atoms with E-state index in [1.807, 2.05) is 52.7 Å². The first-order valence-corrected chi connectivity index (χ1v) is 11.3. The number of carbonyl (C=O) groups is 1. The summed E-state index contributed by atoms with van der Waals surface area (Å²) in [6.07, 6.45) is 1.32. The molecule has 2 aromatic carbocycles. The Morgan fingerprint density at radius 3 is 2.50 bits per heavy atom. The molecule has 5 heteroatoms. The lowest BCUT2D eigenvalue weighted by atomic mass is 10.1. The lowest BCUT2D eigenvalue weighted by Crippen LogP contribution is -2.38. The Morgan fingerprint density at radius 1 is 1.13 bits per heavy atom. The molecule has 3 aromatic rings. The van der Waals surface area contributed by atoms with Crippen LogP contribution in [-0.2, 0) is 24.4 Å². The maximum Gasteiger partial charge on any atom is 0.227 e. The van der Waals surface area contributed by atoms with Crippen LogP contribution < -0.4 is 4.74 Å². The van der Waals surface area contributed by atoms with Crippen molar-refractivity contribution in [3.05, 3.63) is 81.3 Å². The van der Waals surface area contributed by atoms with Gasteiger partial charge in [-0.2, -0.15) is 0 Å². The number of aryl methyl sites for hydroxylation is 2. The van der Waals surface area contributed by atoms with Crippen molar-refractivity contribution in [2.45, 2.75) is 59.7 Å². The third kappa shape index (κ3) is 6.17. The van der Waals surface area contributed by atoms with Gasteiger partial charge in [0.05, 0.1) is 18.7 Å². The predicted molar refractivity (Wildman–Crippen MR) is 123 cm³/mol. The molecular weight excluding hydrogens is 392 g/mol. The van der Waals surface area contributed by atoms with Crippen molar-refractivity contribution >= 4 is 17.2 Å². The van der Waals surface area contributed by atoms with E-state index >= 15 is 0 Å². The van der Waals surface area contributed by atoms with Crippen LogP contribution in [0.15, 0.2) is 53.9 Å². The Bertz CT molecular complexity index is 948. The van der Waals surface area contributed by atoms with Crippen LogP contribution in [0.1, 0.15) is 47.7 Å². The first-order chi connectivity index (χ1) is 14.4. The van der Waals surface area contributed by atoms with Gasteiger partial charge in [-0.05, 0) is 56.0 Å². The van der Waals surface area contributed by atoms with Gasteiger partial charge in [0.15, 0.2) is 0 Å². The summed E-state index contributed by atoms with van der Waals surface area (Å²) in [5.74, 6) is 1.00. The third-order valence-electron chi connectivity index (χ3n) is 5.13. The predicted octanol–water partition coefficient (Wildman–Crippen LogP) is 5.71. The minimum absolute atomic E-state index is 0.136. The summed E-state index contributed by atoms with van der Waals surface area (Å²) in [5, 5.41) is 2.95. The largest absolute Gasteiger partial charge is 0.486 e. The zero-order valence-corrected chi connectivity index (χ0v) is 19.0. The third-order valence-corrected chi connectivity index (χ3v) is 6.00. The van der Waals surface area contributed by atoms with Gasteiger partial charge in [0.25, 0.3) is 0 Å². The van der Waals surface area contributed by atoms with Gasteiger partial charge in [-0.25, -0.2) is 4.98 Å². The molecule has 1 atom stereocenters. The van der Waals surface area contributed by atoms with Crippen LogP contribution in [0.2, 0.25) is 0 Å². The normalized spacial score (nSPS) is 11.9. The summed E-state index contributed by atoms with van der Waals surface area (Å²) in [5.41, 5.74) is 4.33. The molecule has 1 amide bonds. The number of carbonyl (C=O) groups excluding carboxylic acids is 1. The average Bonchev–Trinajstić information content (AvgIpc) is 3.17. The molecule has 0 bridgehead atoms. The highest BCUT2D eigenvalue weighted by atomic mass is 32.1. The molecule has 0 spiro atoms. The van der Waals surface area contributed by atoms with Gasteiger partial charge in [0.1, 0.15) is 17.4 Å². The van der Waals surface area contributed by atoms with Crippen molar-refractivity contribution in [3.8, 4) is 5.75 Å². The summed E-state index contributed by atoms with van der Waals surface area (Å²) >= 11 is 1.58. The second-order valence-corrected chi connectivity index (χ2v) is 8.73. The molecule has 0 fully saturated rings. The van der Waals surface area contributed by atoms with E-state index in [9.17, 15) is 4.79 Å². The number of amides is 1. The zero-order valence-electron chi connectivity index (χ0n) is 18.2. The van der Waals surface area contributed by atoms with Crippen molar-refractivity contribution in [3.63, 3.8) is 0 Å². The number of ether oxygens (including phenoxy) is 1. The number of aromatic nitrogens is 1. The smallest absolute Gasteiger partial charge is 0.227 e. The Hall–Kier alpha value is -2.66. The van der Waals surface area contributed by atoms with E-state index in [0.717, 1.165) is 28.4 Å². The first-order valence-electron chi connectivity index (χ1n) is 10.4. The van der Waals surface area contributed by atoms with Gasteiger partial charge in [-0.1, -0.05) is 43.3 Å². The minimum Gasteiger partial charge on any atom is -0.486 e. The zero-order chi connectivity index (χ0) is 21.5. The first kappa shape index (κ1) is 22.0. The van der Waals surface area contributed by atoms with Crippen molar-refractivity contribution in [2.24, 2.45) is 0 Å². The number of nitrogens with zero attached hydrogens (tertiary/aromatic N) is 2. The van der Waals surface area contributed by atoms with Gasteiger partial charge in [-0.3, -0.25) is 4.79 Å². The maximum absolute atomic E-state index is 13.0. The maximum atomic E-state index is 13.0. The molecule has 0 unspecified atom stereocenters. The van der Waals surface area contributed by atoms with E-state index < -0.39 is 0 Å². The molecule has 0 saturated heterocycles. The van der Waals surface area contributed by atoms with Crippen molar-refractivity contribution in [1.29, 1.82) is 0 Å². The fraction of sp³-hybridized carbons (Fsp3) is 0.360. The second kappa shape index (κ2) is 10.4. The molecule has 0 saturated carbocycles. The number of benzene rings is 2. The summed E-state index contributed by atoms with van der Waals surface area (Å²) < 4.78 is 5.93. The quantitative estimate of drug-likeness (QED) is 0.444. The van der Waals surface area contributed by atoms with E-state index in [0.29, 0.717) is 19.6 Å². The van der Waals surface area contributed by atoms with Gasteiger partial charge in [0, 0.05) is 11.4 Å². The number of hydrogen-bond acceptors (Lipinski definition) is 4. The Balaban J connectivity index is 1.64. The summed E-state index contributed by atoms with van der Waals surface area (Å²) in [4.78, 5) is 19.6. The van der Waals surface area contributed by atoms with Gasteiger partial charge in [-0.15, -0.1) is 11.3 Å². The topological polar surface area (TPSA) is 42.4 Å². The minimum atomic E-state index is 0.136. The van der Waals surface area contributed by atoms with E-state index in [1.54, 1.807) is 11.3 Å². The van der Waals surface area contributed by atoms with Gasteiger partial charge < -0.3 is 9.64 Å². The molecule has 0 aliphatic rings. The molecule has 1 aromatic heterocycles. The lowest BCUT2D eigenvalue weighted by molar-refractivity contribution is -0.133. The van der Waals surface area contributed by atoms with Crippen molar-refractivity contribution in [2.75, 3.05) is 0 Å². The Kier molecular flexibility index (Phi) is 7.63. The summed E-state index contributed by atoms with van der Waals surface area (Å²) in [6, 6.07) is 16.3. The Labute approximate surface area is 183 Å². The fourth-order valence-electron chi connectivity index (χ4n) is 3.41. The van der Waals surface area contributed by atoms with Crippen LogP contribution in [0.5, 0.6) is 5.75 Å². The standard InChI is InChI=1S/C25H30N2O2S/c1-5-20(4)27(25(28)14-21-9-7-6-8-10-21)15-22-17-30-24(26-22)16-29-23-12-18(2)11-19(3)13-23/h6-13,17,20H,5,14-16H2,1-4H3/t20-/m1/s1. The monoisotopic (exact) mass is 422 g/mol. The molecule has 0 aliphatic heterocycles. The van der Waals surface area contributed by atoms with Crippen molar-refractivity contribution < 1.29 is 9.53 Å². The number of thiazole rings is 1. The van der Waals surface area contributed by atoms with Crippen LogP contribution in [0.25, 0.3) is 0 Å². The SMILES string of the molecule is CC[C@@H](C)N(Cc1csc(COc2cc(C)cc(C)c2)n1)C(=O)Cc1ccccc1. The summed E-state index contributed by atoms with van der Waals surface area (Å²) in [6.45, 7) is 9.31. The second-order valence-electron chi connectivity index (χ2n) is 7.79. The average molecular weight is 423 g/mol. The van der Waals surface area contributed by atoms with E-state index in [4.69, 9.17) is 9.72 Å². The lowest BCUT2D eigenvalue weighted by Gasteiger charge is -2.28. The number of rotatable bonds is 9. The molecule has 4 nitrogen and oxygen atoms in total. The molecule has 0 N–H and O–H groups in total. The highest BCUT2D eigenvalue weighted by Crippen LogP contribution is 2.20. The van der Waals surface area contributed by atoms with Gasteiger partial charge >= 0.3 is 0 Å². The highest BCUT2D eigenvalue weighted by Gasteiger charge is 2.20. The van der Waals surface area contributed by atoms with E-state index in [1.165, 1.54) is 11.1 Å². The molecule has 30 heavy (non-hydrogen) atoms. The number of hydrogen-bond donors (Lipinski definition) is 0. The van der Waals surface area contributed by atoms with Crippen LogP contribution >= 0.6 is 11.3 Å². The van der Waals surface area contributed by atoms with Crippen LogP contribution in [0.3, 0.4) is 0 Å².